The summed E-state index contributed by atoms with van der Waals surface area (Å²) in [4.78, 5) is 21.2. The first-order valence-electron chi connectivity index (χ1n) is 4.78. The predicted molar refractivity (Wildman–Crippen MR) is 58.7 cm³/mol. The topological polar surface area (TPSA) is 58.9 Å². The molecule has 4 heteroatoms. The Bertz CT molecular complexity index is 452. The summed E-state index contributed by atoms with van der Waals surface area (Å²) < 4.78 is 0. The Hall–Kier alpha value is -1.84. The molecular formula is C11H10N2O2. The highest BCUT2D eigenvalue weighted by Gasteiger charge is 2.22. The van der Waals surface area contributed by atoms with Gasteiger partial charge in [0.2, 0.25) is 0 Å². The summed E-state index contributed by atoms with van der Waals surface area (Å²) >= 11 is 0. The van der Waals surface area contributed by atoms with E-state index in [1.54, 1.807) is 24.3 Å². The Morgan fingerprint density at radius 1 is 1.27 bits per heavy atom. The summed E-state index contributed by atoms with van der Waals surface area (Å²) in [6.45, 7) is 2.01. The Morgan fingerprint density at radius 3 is 2.73 bits per heavy atom. The molecule has 76 valence electrons. The summed E-state index contributed by atoms with van der Waals surface area (Å²) in [5.41, 5.74) is 2.40. The molecule has 1 atom stereocenters. The largest absolute Gasteiger partial charge is 0.145 e. The quantitative estimate of drug-likeness (QED) is 0.686. The van der Waals surface area contributed by atoms with Gasteiger partial charge < -0.3 is 0 Å². The number of allylic oxidation sites excluding steroid dienone is 1. The Balaban J connectivity index is 2.68. The second-order valence-electron chi connectivity index (χ2n) is 3.65. The third-order valence-electron chi connectivity index (χ3n) is 2.71. The van der Waals surface area contributed by atoms with Gasteiger partial charge in [0.25, 0.3) is 0 Å². The lowest BCUT2D eigenvalue weighted by Gasteiger charge is -2.20. The molecule has 1 aliphatic carbocycles. The maximum absolute atomic E-state index is 10.6. The van der Waals surface area contributed by atoms with Crippen LogP contribution < -0.4 is 0 Å². The van der Waals surface area contributed by atoms with Crippen LogP contribution in [-0.2, 0) is 0 Å². The summed E-state index contributed by atoms with van der Waals surface area (Å²) in [5, 5.41) is 5.95. The van der Waals surface area contributed by atoms with Crippen molar-refractivity contribution in [3.8, 4) is 0 Å². The molecule has 4 nitrogen and oxygen atoms in total. The van der Waals surface area contributed by atoms with Crippen LogP contribution in [-0.4, -0.2) is 0 Å². The van der Waals surface area contributed by atoms with Gasteiger partial charge in [-0.2, -0.15) is 0 Å². The summed E-state index contributed by atoms with van der Waals surface area (Å²) in [5.74, 6) is 0.208. The molecule has 1 aliphatic rings. The third-order valence-corrected chi connectivity index (χ3v) is 2.71. The SMILES string of the molecule is CC1CC=C(N=O)c2cccc(N=O)c21. The molecule has 0 aliphatic heterocycles. The van der Waals surface area contributed by atoms with Gasteiger partial charge in [-0.05, 0) is 34.3 Å². The molecule has 0 saturated carbocycles. The number of rotatable bonds is 2. The summed E-state index contributed by atoms with van der Waals surface area (Å²) in [6, 6.07) is 5.18. The van der Waals surface area contributed by atoms with Crippen molar-refractivity contribution >= 4 is 11.4 Å². The molecule has 0 spiro atoms. The van der Waals surface area contributed by atoms with Crippen LogP contribution in [0.4, 0.5) is 5.69 Å². The first kappa shape index (κ1) is 9.71. The van der Waals surface area contributed by atoms with Crippen molar-refractivity contribution in [2.75, 3.05) is 0 Å². The second-order valence-corrected chi connectivity index (χ2v) is 3.65. The van der Waals surface area contributed by atoms with Crippen LogP contribution in [0.25, 0.3) is 5.70 Å². The van der Waals surface area contributed by atoms with Crippen LogP contribution >= 0.6 is 0 Å². The Morgan fingerprint density at radius 2 is 2.07 bits per heavy atom. The monoisotopic (exact) mass is 202 g/mol. The molecule has 1 unspecified atom stereocenters. The summed E-state index contributed by atoms with van der Waals surface area (Å²) in [6.07, 6.45) is 2.52. The van der Waals surface area contributed by atoms with E-state index in [1.165, 1.54) is 0 Å². The average molecular weight is 202 g/mol. The van der Waals surface area contributed by atoms with Crippen LogP contribution in [0.2, 0.25) is 0 Å². The second kappa shape index (κ2) is 3.73. The van der Waals surface area contributed by atoms with Gasteiger partial charge in [0.05, 0.1) is 0 Å². The van der Waals surface area contributed by atoms with E-state index in [0.29, 0.717) is 11.4 Å². The summed E-state index contributed by atoms with van der Waals surface area (Å²) in [7, 11) is 0. The lowest BCUT2D eigenvalue weighted by atomic mass is 9.85. The zero-order chi connectivity index (χ0) is 10.8. The first-order valence-corrected chi connectivity index (χ1v) is 4.78. The van der Waals surface area contributed by atoms with E-state index in [2.05, 4.69) is 10.4 Å². The lowest BCUT2D eigenvalue weighted by molar-refractivity contribution is 0.767. The molecule has 0 amide bonds. The van der Waals surface area contributed by atoms with E-state index in [-0.39, 0.29) is 5.92 Å². The molecule has 2 rings (SSSR count). The number of hydrogen-bond donors (Lipinski definition) is 0. The molecule has 1 aromatic carbocycles. The third kappa shape index (κ3) is 1.48. The first-order chi connectivity index (χ1) is 7.27. The predicted octanol–water partition coefficient (Wildman–Crippen LogP) is 3.70. The van der Waals surface area contributed by atoms with E-state index in [4.69, 9.17) is 0 Å². The van der Waals surface area contributed by atoms with Gasteiger partial charge in [0.15, 0.2) is 0 Å². The van der Waals surface area contributed by atoms with Crippen molar-refractivity contribution < 1.29 is 0 Å². The van der Waals surface area contributed by atoms with E-state index in [9.17, 15) is 9.81 Å². The van der Waals surface area contributed by atoms with Gasteiger partial charge in [-0.25, -0.2) is 0 Å². The number of fused-ring (bicyclic) bond motifs is 1. The maximum atomic E-state index is 10.6. The van der Waals surface area contributed by atoms with Crippen molar-refractivity contribution in [3.05, 3.63) is 45.2 Å². The smallest absolute Gasteiger partial charge is 0.112 e. The van der Waals surface area contributed by atoms with Crippen LogP contribution in [0.1, 0.15) is 30.4 Å². The van der Waals surface area contributed by atoms with Crippen LogP contribution in [0, 0.1) is 9.81 Å². The van der Waals surface area contributed by atoms with Crippen molar-refractivity contribution in [3.63, 3.8) is 0 Å². The zero-order valence-corrected chi connectivity index (χ0v) is 8.30. The molecular weight excluding hydrogens is 192 g/mol. The zero-order valence-electron chi connectivity index (χ0n) is 8.30. The highest BCUT2D eigenvalue weighted by atomic mass is 16.3. The van der Waals surface area contributed by atoms with Crippen LogP contribution in [0.3, 0.4) is 0 Å². The highest BCUT2D eigenvalue weighted by Crippen LogP contribution is 2.40. The van der Waals surface area contributed by atoms with Crippen LogP contribution in [0.15, 0.2) is 34.6 Å². The van der Waals surface area contributed by atoms with Crippen molar-refractivity contribution in [1.29, 1.82) is 0 Å². The average Bonchev–Trinajstić information content (AvgIpc) is 2.29. The molecule has 0 radical (unpaired) electrons. The number of benzene rings is 1. The fraction of sp³-hybridized carbons (Fsp3) is 0.273. The number of nitroso groups, excluding NO2 is 2. The highest BCUT2D eigenvalue weighted by molar-refractivity contribution is 5.74. The van der Waals surface area contributed by atoms with Gasteiger partial charge in [0, 0.05) is 5.56 Å². The molecule has 0 fully saturated rings. The molecule has 0 bridgehead atoms. The van der Waals surface area contributed by atoms with Gasteiger partial charge in [-0.15, -0.1) is 9.81 Å². The van der Waals surface area contributed by atoms with E-state index in [1.807, 2.05) is 6.92 Å². The fourth-order valence-corrected chi connectivity index (χ4v) is 1.98. The molecule has 1 aromatic rings. The maximum Gasteiger partial charge on any atom is 0.112 e. The standard InChI is InChI=1S/C11H10N2O2/c1-7-5-6-9(12-14)8-3-2-4-10(13-15)11(7)8/h2-4,6-7H,5H2,1H3. The van der Waals surface area contributed by atoms with E-state index < -0.39 is 0 Å². The van der Waals surface area contributed by atoms with Gasteiger partial charge in [-0.3, -0.25) is 0 Å². The minimum absolute atomic E-state index is 0.208. The van der Waals surface area contributed by atoms with Gasteiger partial charge in [0.1, 0.15) is 11.4 Å². The molecule has 0 heterocycles. The lowest BCUT2D eigenvalue weighted by Crippen LogP contribution is -2.03. The van der Waals surface area contributed by atoms with Crippen LogP contribution in [0.5, 0.6) is 0 Å². The van der Waals surface area contributed by atoms with Gasteiger partial charge in [-0.1, -0.05) is 25.1 Å². The molecule has 0 N–H and O–H groups in total. The van der Waals surface area contributed by atoms with E-state index in [0.717, 1.165) is 17.5 Å². The van der Waals surface area contributed by atoms with Crippen molar-refractivity contribution in [1.82, 2.24) is 0 Å². The molecule has 0 aromatic heterocycles. The Kier molecular flexibility index (Phi) is 2.41. The number of hydrogen-bond acceptors (Lipinski definition) is 4. The normalized spacial score (nSPS) is 19.0. The van der Waals surface area contributed by atoms with E-state index >= 15 is 0 Å². The van der Waals surface area contributed by atoms with Crippen molar-refractivity contribution in [2.45, 2.75) is 19.3 Å². The van der Waals surface area contributed by atoms with Gasteiger partial charge >= 0.3 is 0 Å². The Labute approximate surface area is 87.0 Å². The molecule has 0 saturated heterocycles. The number of nitrogens with zero attached hydrogens (tertiary/aromatic N) is 2. The minimum Gasteiger partial charge on any atom is -0.145 e. The van der Waals surface area contributed by atoms with Crippen molar-refractivity contribution in [2.24, 2.45) is 10.4 Å². The minimum atomic E-state index is 0.208. The molecule has 15 heavy (non-hydrogen) atoms. The fourth-order valence-electron chi connectivity index (χ4n) is 1.98.